The number of aromatic hydroxyl groups is 1. The molecule has 0 fully saturated rings. The summed E-state index contributed by atoms with van der Waals surface area (Å²) in [6, 6.07) is 29.1. The second-order valence-corrected chi connectivity index (χ2v) is 22.8. The van der Waals surface area contributed by atoms with Gasteiger partial charge >= 0.3 is 0 Å². The van der Waals surface area contributed by atoms with Gasteiger partial charge in [-0.05, 0) is 96.3 Å². The van der Waals surface area contributed by atoms with Gasteiger partial charge in [0.05, 0.1) is 33.3 Å². The zero-order valence-corrected chi connectivity index (χ0v) is 44.0. The summed E-state index contributed by atoms with van der Waals surface area (Å²) < 4.78 is 72.0. The average molecular weight is 1070 g/mol. The minimum Gasteiger partial charge on any atom is -0.507 e. The third kappa shape index (κ3) is 10.0. The van der Waals surface area contributed by atoms with E-state index in [1.165, 1.54) is 5.56 Å². The molecule has 348 valence electrons. The number of nitrogens with zero attached hydrogens (tertiary/aromatic N) is 3. The quantitative estimate of drug-likeness (QED) is 0.169. The van der Waals surface area contributed by atoms with Crippen molar-refractivity contribution < 1.29 is 37.1 Å². The van der Waals surface area contributed by atoms with Crippen LogP contribution in [0.2, 0.25) is 0 Å². The average Bonchev–Trinajstić information content (AvgIpc) is 3.70. The van der Waals surface area contributed by atoms with Gasteiger partial charge in [0.15, 0.2) is 0 Å². The Bertz CT molecular complexity index is 3550. The maximum atomic E-state index is 12.6. The van der Waals surface area contributed by atoms with Crippen molar-refractivity contribution >= 4 is 11.0 Å². The van der Waals surface area contributed by atoms with Crippen molar-refractivity contribution in [1.82, 2.24) is 14.5 Å². The first-order chi connectivity index (χ1) is 34.1. The van der Waals surface area contributed by atoms with Crippen LogP contribution in [0.1, 0.15) is 143 Å². The molecule has 0 aliphatic rings. The number of hydrogen-bond acceptors (Lipinski definition) is 3. The summed E-state index contributed by atoms with van der Waals surface area (Å²) in [5.41, 5.74) is 9.46. The Kier molecular flexibility index (Phi) is 10.5. The summed E-state index contributed by atoms with van der Waals surface area (Å²) in [4.78, 5) is 10.1. The topological polar surface area (TPSA) is 50.9 Å². The van der Waals surface area contributed by atoms with Gasteiger partial charge in [-0.25, -0.2) is 4.98 Å². The van der Waals surface area contributed by atoms with Crippen molar-refractivity contribution in [3.05, 3.63) is 167 Å². The number of hydrogen-bond donors (Lipinski definition) is 1. The van der Waals surface area contributed by atoms with E-state index in [1.807, 2.05) is 30.3 Å². The van der Waals surface area contributed by atoms with Gasteiger partial charge in [0.1, 0.15) is 11.6 Å². The molecule has 4 nitrogen and oxygen atoms in total. The molecule has 0 aliphatic carbocycles. The minimum atomic E-state index is -0.607. The molecule has 0 aliphatic heterocycles. The molecule has 8 aromatic rings. The number of pyridine rings is 1. The Morgan fingerprint density at radius 2 is 1.15 bits per heavy atom. The maximum absolute atomic E-state index is 12.6. The van der Waals surface area contributed by atoms with Crippen LogP contribution in [-0.2, 0) is 48.1 Å². The standard InChI is InChI=1S/C62H68N3O.Pt/c1-58(2,3)45-24-19-23-40(32-45)41-27-28-53(50(35-41)61(10,11)12)65-54-26-20-25-48(55(54)64-57(65)49-37-47(60(7,8)9)38-51(56(49)66)62(13,14)15)43-31-44(34-46(33-43)59(4,5)6)52-36-42(29-30-63-52)39-21-17-16-18-22-39;/h16-30,32-38,66H,1-15H3;/q-1;/i16D,17D,18D,21D,22D,29D,30D,36D;. The van der Waals surface area contributed by atoms with E-state index in [2.05, 4.69) is 174 Å². The number of benzene rings is 6. The second kappa shape index (κ2) is 17.8. The van der Waals surface area contributed by atoms with Crippen molar-refractivity contribution in [2.75, 3.05) is 0 Å². The van der Waals surface area contributed by atoms with Gasteiger partial charge in [0, 0.05) is 38.5 Å². The number of imidazole rings is 1. The zero-order valence-electron chi connectivity index (χ0n) is 49.7. The summed E-state index contributed by atoms with van der Waals surface area (Å²) in [6.45, 7) is 32.3. The van der Waals surface area contributed by atoms with Crippen molar-refractivity contribution in [1.29, 1.82) is 0 Å². The third-order valence-corrected chi connectivity index (χ3v) is 12.4. The Hall–Kier alpha value is -5.57. The summed E-state index contributed by atoms with van der Waals surface area (Å²) in [5, 5.41) is 12.6. The number of rotatable bonds is 6. The molecule has 6 aromatic carbocycles. The number of phenolic OH excluding ortho intramolecular Hbond substituents is 1. The van der Waals surface area contributed by atoms with Crippen molar-refractivity contribution in [3.63, 3.8) is 0 Å². The van der Waals surface area contributed by atoms with Crippen LogP contribution in [0.5, 0.6) is 5.75 Å². The molecule has 0 bridgehead atoms. The first-order valence-electron chi connectivity index (χ1n) is 26.9. The van der Waals surface area contributed by atoms with Crippen LogP contribution in [0, 0.1) is 6.07 Å². The number of fused-ring (bicyclic) bond motifs is 1. The maximum Gasteiger partial charge on any atom is 0.148 e. The molecule has 0 spiro atoms. The van der Waals surface area contributed by atoms with Crippen LogP contribution in [0.25, 0.3) is 72.7 Å². The van der Waals surface area contributed by atoms with Crippen molar-refractivity contribution in [3.8, 4) is 67.5 Å². The number of phenols is 1. The van der Waals surface area contributed by atoms with Crippen LogP contribution >= 0.6 is 0 Å². The fraction of sp³-hybridized carbons (Fsp3) is 0.323. The number of aromatic nitrogens is 3. The van der Waals surface area contributed by atoms with Crippen LogP contribution in [0.15, 0.2) is 133 Å². The molecule has 67 heavy (non-hydrogen) atoms. The monoisotopic (exact) mass is 1070 g/mol. The van der Waals surface area contributed by atoms with Gasteiger partial charge in [-0.2, -0.15) is 0 Å². The first-order valence-corrected chi connectivity index (χ1v) is 22.9. The van der Waals surface area contributed by atoms with E-state index in [9.17, 15) is 6.48 Å². The largest absolute Gasteiger partial charge is 0.507 e. The predicted molar refractivity (Wildman–Crippen MR) is 280 cm³/mol. The van der Waals surface area contributed by atoms with E-state index < -0.39 is 53.3 Å². The van der Waals surface area contributed by atoms with Crippen molar-refractivity contribution in [2.24, 2.45) is 0 Å². The van der Waals surface area contributed by atoms with E-state index in [4.69, 9.17) is 14.6 Å². The number of para-hydroxylation sites is 1. The molecular formula is C62H68N3OPt-. The predicted octanol–water partition coefficient (Wildman–Crippen LogP) is 16.7. The molecule has 0 amide bonds. The van der Waals surface area contributed by atoms with Gasteiger partial charge < -0.3 is 5.11 Å². The zero-order chi connectivity index (χ0) is 54.7. The second-order valence-electron chi connectivity index (χ2n) is 22.8. The Labute approximate surface area is 426 Å². The van der Waals surface area contributed by atoms with E-state index in [1.54, 1.807) is 0 Å². The molecule has 0 unspecified atom stereocenters. The summed E-state index contributed by atoms with van der Waals surface area (Å²) in [5.74, 6) is 0.693. The molecule has 8 rings (SSSR count). The summed E-state index contributed by atoms with van der Waals surface area (Å²) in [6.07, 6.45) is -0.520. The summed E-state index contributed by atoms with van der Waals surface area (Å²) in [7, 11) is 0. The Morgan fingerprint density at radius 3 is 1.79 bits per heavy atom. The van der Waals surface area contributed by atoms with E-state index in [-0.39, 0.29) is 65.9 Å². The van der Waals surface area contributed by atoms with Crippen LogP contribution in [-0.4, -0.2) is 19.6 Å². The Morgan fingerprint density at radius 1 is 0.537 bits per heavy atom. The molecule has 0 saturated carbocycles. The fourth-order valence-electron chi connectivity index (χ4n) is 8.45. The van der Waals surface area contributed by atoms with Gasteiger partial charge in [0.2, 0.25) is 0 Å². The van der Waals surface area contributed by atoms with E-state index >= 15 is 0 Å². The van der Waals surface area contributed by atoms with Crippen LogP contribution in [0.3, 0.4) is 0 Å². The van der Waals surface area contributed by atoms with Gasteiger partial charge in [-0.1, -0.05) is 200 Å². The van der Waals surface area contributed by atoms with Gasteiger partial charge in [-0.15, -0.1) is 29.3 Å². The van der Waals surface area contributed by atoms with Crippen molar-refractivity contribution in [2.45, 2.75) is 131 Å². The molecule has 0 saturated heterocycles. The Balaban J connectivity index is 0.00000820. The van der Waals surface area contributed by atoms with Crippen LogP contribution < -0.4 is 0 Å². The fourth-order valence-corrected chi connectivity index (χ4v) is 8.45. The van der Waals surface area contributed by atoms with Gasteiger partial charge in [-0.3, -0.25) is 9.55 Å². The smallest absolute Gasteiger partial charge is 0.148 e. The first kappa shape index (κ1) is 39.4. The molecule has 5 heteroatoms. The van der Waals surface area contributed by atoms with Gasteiger partial charge in [0.25, 0.3) is 0 Å². The normalized spacial score (nSPS) is 14.3. The summed E-state index contributed by atoms with van der Waals surface area (Å²) >= 11 is 0. The molecule has 1 N–H and O–H groups in total. The van der Waals surface area contributed by atoms with E-state index in [0.29, 0.717) is 33.6 Å². The molecule has 0 radical (unpaired) electrons. The molecule has 2 aromatic heterocycles. The third-order valence-electron chi connectivity index (χ3n) is 12.4. The SMILES string of the molecule is [2H]c1nc(-c2[c-]c(-c3cccc4c3nc(-c3cc(C(C)(C)C)cc(C(C)(C)C)c3O)n4-c3ccc(-c4cccc(C(C)(C)C)c4)cc3C(C)(C)C)cc(C(C)(C)C)c2)c([2H])c(-c2c([2H])c([2H])c([2H])c([2H])c2[2H])c1[2H].[Pt]. The van der Waals surface area contributed by atoms with E-state index in [0.717, 1.165) is 44.6 Å². The molecular weight excluding hydrogens is 998 g/mol. The molecule has 2 heterocycles. The molecule has 0 atom stereocenters. The van der Waals surface area contributed by atoms with Crippen LogP contribution in [0.4, 0.5) is 0 Å². The minimum absolute atomic E-state index is 0.